The van der Waals surface area contributed by atoms with Crippen LogP contribution in [0.3, 0.4) is 0 Å². The standard InChI is InChI=1S/C12H21NO3/c1-10(11(14)15-2)5-8-13-9-12(16-3)6-4-7-12/h5,13H,4,6-9H2,1-3H3. The van der Waals surface area contributed by atoms with Gasteiger partial charge in [-0.05, 0) is 26.2 Å². The van der Waals surface area contributed by atoms with Crippen LogP contribution in [0.4, 0.5) is 0 Å². The van der Waals surface area contributed by atoms with Crippen LogP contribution in [0.1, 0.15) is 26.2 Å². The first-order valence-corrected chi connectivity index (χ1v) is 5.64. The fraction of sp³-hybridized carbons (Fsp3) is 0.750. The van der Waals surface area contributed by atoms with Crippen molar-refractivity contribution in [3.05, 3.63) is 11.6 Å². The molecule has 1 saturated carbocycles. The Hall–Kier alpha value is -0.870. The molecule has 1 aliphatic carbocycles. The van der Waals surface area contributed by atoms with Crippen molar-refractivity contribution in [2.24, 2.45) is 0 Å². The van der Waals surface area contributed by atoms with Crippen molar-refractivity contribution in [3.8, 4) is 0 Å². The monoisotopic (exact) mass is 227 g/mol. The van der Waals surface area contributed by atoms with Gasteiger partial charge >= 0.3 is 5.97 Å². The summed E-state index contributed by atoms with van der Waals surface area (Å²) >= 11 is 0. The van der Waals surface area contributed by atoms with Crippen LogP contribution in [0.2, 0.25) is 0 Å². The van der Waals surface area contributed by atoms with Gasteiger partial charge in [-0.25, -0.2) is 4.79 Å². The molecule has 0 radical (unpaired) electrons. The second kappa shape index (κ2) is 6.01. The van der Waals surface area contributed by atoms with Crippen LogP contribution in [0, 0.1) is 0 Å². The minimum absolute atomic E-state index is 0.0347. The summed E-state index contributed by atoms with van der Waals surface area (Å²) in [4.78, 5) is 11.1. The third-order valence-corrected chi connectivity index (χ3v) is 3.20. The lowest BCUT2D eigenvalue weighted by molar-refractivity contribution is -0.136. The van der Waals surface area contributed by atoms with E-state index in [1.54, 1.807) is 14.0 Å². The normalized spacial score (nSPS) is 19.1. The molecule has 0 unspecified atom stereocenters. The molecule has 0 bridgehead atoms. The van der Waals surface area contributed by atoms with Gasteiger partial charge in [0.2, 0.25) is 0 Å². The summed E-state index contributed by atoms with van der Waals surface area (Å²) in [5, 5.41) is 3.28. The second-order valence-corrected chi connectivity index (χ2v) is 4.25. The molecule has 1 aliphatic rings. The predicted molar refractivity (Wildman–Crippen MR) is 62.2 cm³/mol. The van der Waals surface area contributed by atoms with Crippen LogP contribution in [0.5, 0.6) is 0 Å². The summed E-state index contributed by atoms with van der Waals surface area (Å²) < 4.78 is 10.1. The molecule has 4 nitrogen and oxygen atoms in total. The number of rotatable bonds is 6. The van der Waals surface area contributed by atoms with Gasteiger partial charge < -0.3 is 14.8 Å². The van der Waals surface area contributed by atoms with E-state index >= 15 is 0 Å². The van der Waals surface area contributed by atoms with E-state index in [-0.39, 0.29) is 11.6 Å². The Balaban J connectivity index is 2.23. The molecule has 0 aromatic rings. The van der Waals surface area contributed by atoms with Crippen LogP contribution in [-0.2, 0) is 14.3 Å². The number of esters is 1. The van der Waals surface area contributed by atoms with Crippen LogP contribution >= 0.6 is 0 Å². The summed E-state index contributed by atoms with van der Waals surface area (Å²) in [6.45, 7) is 3.27. The first kappa shape index (κ1) is 13.2. The number of nitrogens with one attached hydrogen (secondary N) is 1. The molecule has 0 heterocycles. The smallest absolute Gasteiger partial charge is 0.333 e. The third-order valence-electron chi connectivity index (χ3n) is 3.20. The zero-order valence-electron chi connectivity index (χ0n) is 10.3. The number of carbonyl (C=O) groups is 1. The average molecular weight is 227 g/mol. The van der Waals surface area contributed by atoms with E-state index < -0.39 is 0 Å². The van der Waals surface area contributed by atoms with E-state index in [1.807, 2.05) is 6.08 Å². The number of ether oxygens (including phenoxy) is 2. The van der Waals surface area contributed by atoms with Crippen molar-refractivity contribution < 1.29 is 14.3 Å². The molecule has 0 amide bonds. The maximum atomic E-state index is 11.1. The Morgan fingerprint density at radius 2 is 2.12 bits per heavy atom. The summed E-state index contributed by atoms with van der Waals surface area (Å²) in [5.41, 5.74) is 0.669. The third kappa shape index (κ3) is 3.32. The van der Waals surface area contributed by atoms with Gasteiger partial charge in [0.05, 0.1) is 12.7 Å². The van der Waals surface area contributed by atoms with E-state index in [4.69, 9.17) is 4.74 Å². The Kier molecular flexibility index (Phi) is 4.96. The predicted octanol–water partition coefficient (Wildman–Crippen LogP) is 1.26. The van der Waals surface area contributed by atoms with Crippen LogP contribution in [-0.4, -0.2) is 38.9 Å². The molecule has 0 aromatic heterocycles. The molecule has 0 saturated heterocycles. The van der Waals surface area contributed by atoms with Gasteiger partial charge in [0.1, 0.15) is 0 Å². The highest BCUT2D eigenvalue weighted by atomic mass is 16.5. The van der Waals surface area contributed by atoms with Crippen molar-refractivity contribution in [3.63, 3.8) is 0 Å². The average Bonchev–Trinajstić information content (AvgIpc) is 2.25. The number of hydrogen-bond acceptors (Lipinski definition) is 4. The summed E-state index contributed by atoms with van der Waals surface area (Å²) in [5.74, 6) is -0.271. The van der Waals surface area contributed by atoms with Gasteiger partial charge in [-0.3, -0.25) is 0 Å². The first-order chi connectivity index (χ1) is 7.63. The molecule has 0 atom stereocenters. The molecule has 4 heteroatoms. The molecule has 16 heavy (non-hydrogen) atoms. The molecule has 1 fully saturated rings. The van der Waals surface area contributed by atoms with Crippen molar-refractivity contribution in [2.75, 3.05) is 27.3 Å². The van der Waals surface area contributed by atoms with E-state index in [2.05, 4.69) is 10.1 Å². The lowest BCUT2D eigenvalue weighted by Gasteiger charge is -2.40. The lowest BCUT2D eigenvalue weighted by Crippen LogP contribution is -2.48. The van der Waals surface area contributed by atoms with Crippen LogP contribution in [0.15, 0.2) is 11.6 Å². The van der Waals surface area contributed by atoms with Gasteiger partial charge in [-0.15, -0.1) is 0 Å². The van der Waals surface area contributed by atoms with Gasteiger partial charge in [0.25, 0.3) is 0 Å². The highest BCUT2D eigenvalue weighted by molar-refractivity contribution is 5.87. The number of carbonyl (C=O) groups excluding carboxylic acids is 1. The number of methoxy groups -OCH3 is 2. The molecular formula is C12H21NO3. The Bertz CT molecular complexity index is 264. The zero-order chi connectivity index (χ0) is 12.0. The van der Waals surface area contributed by atoms with Gasteiger partial charge in [0.15, 0.2) is 0 Å². The van der Waals surface area contributed by atoms with Crippen molar-refractivity contribution in [2.45, 2.75) is 31.8 Å². The molecule has 0 aromatic carbocycles. The lowest BCUT2D eigenvalue weighted by atomic mass is 9.80. The summed E-state index contributed by atoms with van der Waals surface area (Å²) in [6, 6.07) is 0. The molecule has 92 valence electrons. The van der Waals surface area contributed by atoms with Crippen molar-refractivity contribution in [1.29, 1.82) is 0 Å². The second-order valence-electron chi connectivity index (χ2n) is 4.25. The Morgan fingerprint density at radius 1 is 1.44 bits per heavy atom. The highest BCUT2D eigenvalue weighted by Crippen LogP contribution is 2.34. The highest BCUT2D eigenvalue weighted by Gasteiger charge is 2.36. The minimum Gasteiger partial charge on any atom is -0.466 e. The van der Waals surface area contributed by atoms with Crippen molar-refractivity contribution >= 4 is 5.97 Å². The summed E-state index contributed by atoms with van der Waals surface area (Å²) in [6.07, 6.45) is 5.33. The van der Waals surface area contributed by atoms with Gasteiger partial charge in [-0.2, -0.15) is 0 Å². The summed E-state index contributed by atoms with van der Waals surface area (Å²) in [7, 11) is 3.15. The van der Waals surface area contributed by atoms with E-state index in [1.165, 1.54) is 13.5 Å². The van der Waals surface area contributed by atoms with Crippen molar-refractivity contribution in [1.82, 2.24) is 5.32 Å². The topological polar surface area (TPSA) is 47.6 Å². The maximum Gasteiger partial charge on any atom is 0.333 e. The van der Waals surface area contributed by atoms with Crippen LogP contribution < -0.4 is 5.32 Å². The van der Waals surface area contributed by atoms with Gasteiger partial charge in [-0.1, -0.05) is 6.08 Å². The maximum absolute atomic E-state index is 11.1. The van der Waals surface area contributed by atoms with Gasteiger partial charge in [0, 0.05) is 25.8 Å². The fourth-order valence-electron chi connectivity index (χ4n) is 1.79. The molecule has 0 spiro atoms. The van der Waals surface area contributed by atoms with Crippen LogP contribution in [0.25, 0.3) is 0 Å². The molecule has 0 aliphatic heterocycles. The fourth-order valence-corrected chi connectivity index (χ4v) is 1.79. The molecule has 1 rings (SSSR count). The molecular weight excluding hydrogens is 206 g/mol. The minimum atomic E-state index is -0.271. The molecule has 1 N–H and O–H groups in total. The van der Waals surface area contributed by atoms with E-state index in [9.17, 15) is 4.79 Å². The SMILES string of the molecule is COC(=O)C(C)=CCNCC1(OC)CCC1. The number of hydrogen-bond donors (Lipinski definition) is 1. The first-order valence-electron chi connectivity index (χ1n) is 5.64. The Labute approximate surface area is 97.0 Å². The van der Waals surface area contributed by atoms with E-state index in [0.717, 1.165) is 19.4 Å². The van der Waals surface area contributed by atoms with E-state index in [0.29, 0.717) is 12.1 Å². The largest absolute Gasteiger partial charge is 0.466 e. The quantitative estimate of drug-likeness (QED) is 0.421. The Morgan fingerprint density at radius 3 is 2.56 bits per heavy atom. The zero-order valence-corrected chi connectivity index (χ0v) is 10.3.